The zero-order chi connectivity index (χ0) is 18.7. The predicted octanol–water partition coefficient (Wildman–Crippen LogP) is 5.32. The average Bonchev–Trinajstić information content (AvgIpc) is 3.11. The number of aromatic nitrogens is 1. The lowest BCUT2D eigenvalue weighted by Crippen LogP contribution is -2.10. The van der Waals surface area contributed by atoms with Crippen molar-refractivity contribution in [2.75, 3.05) is 13.7 Å². The summed E-state index contributed by atoms with van der Waals surface area (Å²) in [5.74, 6) is 0.411. The standard InChI is InChI=1S/C21H22ClNO3/c1-4-26-21(24)20-13(2)8-10-18(23-20)16-7-5-6-15(16)17-12-14(22)9-11-19(17)25-3/h8-12H,4-7H2,1-3H3. The van der Waals surface area contributed by atoms with Gasteiger partial charge in [-0.25, -0.2) is 9.78 Å². The number of esters is 1. The minimum atomic E-state index is -0.382. The van der Waals surface area contributed by atoms with Crippen LogP contribution in [-0.4, -0.2) is 24.7 Å². The molecular weight excluding hydrogens is 350 g/mol. The summed E-state index contributed by atoms with van der Waals surface area (Å²) in [5, 5.41) is 0.670. The van der Waals surface area contributed by atoms with E-state index in [-0.39, 0.29) is 5.97 Å². The van der Waals surface area contributed by atoms with Gasteiger partial charge in [0.1, 0.15) is 5.75 Å². The van der Waals surface area contributed by atoms with Gasteiger partial charge in [0.05, 0.1) is 19.4 Å². The molecular formula is C21H22ClNO3. The van der Waals surface area contributed by atoms with Gasteiger partial charge < -0.3 is 9.47 Å². The van der Waals surface area contributed by atoms with Crippen molar-refractivity contribution in [3.8, 4) is 5.75 Å². The van der Waals surface area contributed by atoms with Crippen molar-refractivity contribution in [1.82, 2.24) is 4.98 Å². The molecule has 5 heteroatoms. The first-order valence-electron chi connectivity index (χ1n) is 8.76. The summed E-state index contributed by atoms with van der Waals surface area (Å²) in [6, 6.07) is 9.53. The molecule has 0 radical (unpaired) electrons. The molecule has 0 aliphatic heterocycles. The largest absolute Gasteiger partial charge is 0.496 e. The SMILES string of the molecule is CCOC(=O)c1nc(C2=C(c3cc(Cl)ccc3OC)CCC2)ccc1C. The van der Waals surface area contributed by atoms with Crippen LogP contribution in [0.4, 0.5) is 0 Å². The molecule has 1 heterocycles. The van der Waals surface area contributed by atoms with E-state index in [1.54, 1.807) is 14.0 Å². The maximum Gasteiger partial charge on any atom is 0.357 e. The number of carbonyl (C=O) groups is 1. The quantitative estimate of drug-likeness (QED) is 0.667. The van der Waals surface area contributed by atoms with Crippen LogP contribution in [-0.2, 0) is 4.74 Å². The Morgan fingerprint density at radius 1 is 1.19 bits per heavy atom. The van der Waals surface area contributed by atoms with Crippen LogP contribution in [0.2, 0.25) is 5.02 Å². The monoisotopic (exact) mass is 371 g/mol. The summed E-state index contributed by atoms with van der Waals surface area (Å²) < 4.78 is 10.7. The van der Waals surface area contributed by atoms with Crippen molar-refractivity contribution >= 4 is 28.7 Å². The molecule has 2 aromatic rings. The third-order valence-corrected chi connectivity index (χ3v) is 4.81. The second-order valence-corrected chi connectivity index (χ2v) is 6.67. The molecule has 1 aromatic carbocycles. The Balaban J connectivity index is 2.10. The van der Waals surface area contributed by atoms with Gasteiger partial charge in [-0.15, -0.1) is 0 Å². The molecule has 0 saturated heterocycles. The summed E-state index contributed by atoms with van der Waals surface area (Å²) in [4.78, 5) is 16.8. The van der Waals surface area contributed by atoms with Crippen LogP contribution in [0, 0.1) is 6.92 Å². The Labute approximate surface area is 158 Å². The highest BCUT2D eigenvalue weighted by Gasteiger charge is 2.23. The van der Waals surface area contributed by atoms with Gasteiger partial charge in [0, 0.05) is 10.6 Å². The third-order valence-electron chi connectivity index (χ3n) is 4.58. The molecule has 4 nitrogen and oxygen atoms in total. The maximum atomic E-state index is 12.2. The normalized spacial score (nSPS) is 13.8. The first-order chi connectivity index (χ1) is 12.5. The van der Waals surface area contributed by atoms with Crippen molar-refractivity contribution in [3.05, 3.63) is 57.9 Å². The number of hydrogen-bond acceptors (Lipinski definition) is 4. The fraction of sp³-hybridized carbons (Fsp3) is 0.333. The fourth-order valence-electron chi connectivity index (χ4n) is 3.34. The molecule has 0 unspecified atom stereocenters. The van der Waals surface area contributed by atoms with Gasteiger partial charge in [-0.05, 0) is 74.1 Å². The van der Waals surface area contributed by atoms with Crippen LogP contribution in [0.1, 0.15) is 53.5 Å². The Morgan fingerprint density at radius 2 is 1.96 bits per heavy atom. The molecule has 26 heavy (non-hydrogen) atoms. The van der Waals surface area contributed by atoms with E-state index in [0.717, 1.165) is 47.4 Å². The second kappa shape index (κ2) is 7.92. The van der Waals surface area contributed by atoms with Crippen molar-refractivity contribution in [1.29, 1.82) is 0 Å². The predicted molar refractivity (Wildman–Crippen MR) is 104 cm³/mol. The molecule has 1 aliphatic rings. The summed E-state index contributed by atoms with van der Waals surface area (Å²) >= 11 is 6.21. The van der Waals surface area contributed by atoms with E-state index in [0.29, 0.717) is 17.3 Å². The number of aryl methyl sites for hydroxylation is 1. The number of benzene rings is 1. The van der Waals surface area contributed by atoms with Gasteiger partial charge in [0.2, 0.25) is 0 Å². The minimum absolute atomic E-state index is 0.331. The van der Waals surface area contributed by atoms with Crippen LogP contribution >= 0.6 is 11.6 Å². The van der Waals surface area contributed by atoms with Crippen molar-refractivity contribution in [2.45, 2.75) is 33.1 Å². The number of halogens is 1. The lowest BCUT2D eigenvalue weighted by molar-refractivity contribution is 0.0518. The van der Waals surface area contributed by atoms with E-state index in [1.807, 2.05) is 37.3 Å². The molecule has 1 aliphatic carbocycles. The van der Waals surface area contributed by atoms with Gasteiger partial charge in [0.15, 0.2) is 5.69 Å². The number of ether oxygens (including phenoxy) is 2. The zero-order valence-electron chi connectivity index (χ0n) is 15.3. The van der Waals surface area contributed by atoms with Gasteiger partial charge in [-0.2, -0.15) is 0 Å². The highest BCUT2D eigenvalue weighted by Crippen LogP contribution is 2.43. The van der Waals surface area contributed by atoms with Gasteiger partial charge in [-0.1, -0.05) is 17.7 Å². The van der Waals surface area contributed by atoms with Gasteiger partial charge in [0.25, 0.3) is 0 Å². The lowest BCUT2D eigenvalue weighted by Gasteiger charge is -2.13. The van der Waals surface area contributed by atoms with E-state index < -0.39 is 0 Å². The fourth-order valence-corrected chi connectivity index (χ4v) is 3.51. The number of nitrogens with zero attached hydrogens (tertiary/aromatic N) is 1. The van der Waals surface area contributed by atoms with Crippen LogP contribution in [0.15, 0.2) is 30.3 Å². The van der Waals surface area contributed by atoms with Crippen molar-refractivity contribution < 1.29 is 14.3 Å². The summed E-state index contributed by atoms with van der Waals surface area (Å²) in [5.41, 5.74) is 5.31. The number of hydrogen-bond donors (Lipinski definition) is 0. The average molecular weight is 372 g/mol. The number of carbonyl (C=O) groups excluding carboxylic acids is 1. The maximum absolute atomic E-state index is 12.2. The van der Waals surface area contributed by atoms with E-state index in [4.69, 9.17) is 21.1 Å². The minimum Gasteiger partial charge on any atom is -0.496 e. The highest BCUT2D eigenvalue weighted by molar-refractivity contribution is 6.30. The van der Waals surface area contributed by atoms with E-state index in [1.165, 1.54) is 5.57 Å². The topological polar surface area (TPSA) is 48.4 Å². The highest BCUT2D eigenvalue weighted by atomic mass is 35.5. The first kappa shape index (κ1) is 18.5. The van der Waals surface area contributed by atoms with Crippen LogP contribution in [0.5, 0.6) is 5.75 Å². The molecule has 3 rings (SSSR count). The zero-order valence-corrected chi connectivity index (χ0v) is 16.0. The molecule has 0 N–H and O–H groups in total. The molecule has 1 aromatic heterocycles. The number of methoxy groups -OCH3 is 1. The van der Waals surface area contributed by atoms with E-state index in [9.17, 15) is 4.79 Å². The van der Waals surface area contributed by atoms with Crippen molar-refractivity contribution in [3.63, 3.8) is 0 Å². The van der Waals surface area contributed by atoms with Crippen LogP contribution in [0.3, 0.4) is 0 Å². The number of pyridine rings is 1. The number of allylic oxidation sites excluding steroid dienone is 2. The molecule has 136 valence electrons. The molecule has 0 atom stereocenters. The first-order valence-corrected chi connectivity index (χ1v) is 9.14. The second-order valence-electron chi connectivity index (χ2n) is 6.24. The van der Waals surface area contributed by atoms with Crippen LogP contribution in [0.25, 0.3) is 11.1 Å². The third kappa shape index (κ3) is 3.61. The smallest absolute Gasteiger partial charge is 0.357 e. The summed E-state index contributed by atoms with van der Waals surface area (Å²) in [7, 11) is 1.66. The van der Waals surface area contributed by atoms with E-state index >= 15 is 0 Å². The molecule has 0 saturated carbocycles. The molecule has 0 bridgehead atoms. The molecule has 0 fully saturated rings. The van der Waals surface area contributed by atoms with Crippen molar-refractivity contribution in [2.24, 2.45) is 0 Å². The summed E-state index contributed by atoms with van der Waals surface area (Å²) in [6.45, 7) is 3.99. The Kier molecular flexibility index (Phi) is 5.62. The van der Waals surface area contributed by atoms with Gasteiger partial charge >= 0.3 is 5.97 Å². The Bertz CT molecular complexity index is 874. The summed E-state index contributed by atoms with van der Waals surface area (Å²) in [6.07, 6.45) is 2.87. The molecule has 0 spiro atoms. The Hall–Kier alpha value is -2.33. The Morgan fingerprint density at radius 3 is 2.69 bits per heavy atom. The lowest BCUT2D eigenvalue weighted by atomic mass is 9.98. The van der Waals surface area contributed by atoms with Gasteiger partial charge in [-0.3, -0.25) is 0 Å². The number of rotatable bonds is 5. The van der Waals surface area contributed by atoms with E-state index in [2.05, 4.69) is 4.98 Å². The molecule has 0 amide bonds. The van der Waals surface area contributed by atoms with Crippen LogP contribution < -0.4 is 4.74 Å².